The fraction of sp³-hybridized carbons (Fsp3) is 0.933. The van der Waals surface area contributed by atoms with E-state index in [1.165, 1.54) is 19.3 Å². The molecule has 4 heteroatoms. The highest BCUT2D eigenvalue weighted by atomic mass is 16.3. The lowest BCUT2D eigenvalue weighted by Crippen LogP contribution is -2.48. The van der Waals surface area contributed by atoms with Gasteiger partial charge < -0.3 is 15.7 Å². The lowest BCUT2D eigenvalue weighted by molar-refractivity contribution is -0.122. The zero-order chi connectivity index (χ0) is 14.1. The molecule has 1 saturated carbocycles. The first kappa shape index (κ1) is 16.4. The fourth-order valence-corrected chi connectivity index (χ4v) is 2.70. The molecule has 1 unspecified atom stereocenters. The summed E-state index contributed by atoms with van der Waals surface area (Å²) in [5.74, 6) is 0.0670. The molecule has 0 aromatic carbocycles. The van der Waals surface area contributed by atoms with Crippen LogP contribution < -0.4 is 10.6 Å². The van der Waals surface area contributed by atoms with Crippen LogP contribution in [-0.4, -0.2) is 36.8 Å². The number of hydrogen-bond acceptors (Lipinski definition) is 3. The van der Waals surface area contributed by atoms with E-state index in [0.717, 1.165) is 38.8 Å². The molecule has 1 amide bonds. The highest BCUT2D eigenvalue weighted by Crippen LogP contribution is 2.35. The molecule has 0 aliphatic heterocycles. The van der Waals surface area contributed by atoms with E-state index in [2.05, 4.69) is 17.6 Å². The molecular formula is C15H30N2O2. The van der Waals surface area contributed by atoms with Gasteiger partial charge in [-0.2, -0.15) is 0 Å². The Labute approximate surface area is 117 Å². The number of amides is 1. The van der Waals surface area contributed by atoms with Gasteiger partial charge in [-0.05, 0) is 26.2 Å². The number of carbonyl (C=O) groups excluding carboxylic acids is 1. The molecule has 0 radical (unpaired) electrons. The topological polar surface area (TPSA) is 61.4 Å². The summed E-state index contributed by atoms with van der Waals surface area (Å²) in [6, 6.07) is -0.179. The van der Waals surface area contributed by atoms with E-state index in [0.29, 0.717) is 0 Å². The average Bonchev–Trinajstić information content (AvgIpc) is 2.46. The number of carbonyl (C=O) groups is 1. The minimum absolute atomic E-state index is 0.00376. The van der Waals surface area contributed by atoms with E-state index in [9.17, 15) is 9.90 Å². The van der Waals surface area contributed by atoms with Gasteiger partial charge in [-0.15, -0.1) is 0 Å². The summed E-state index contributed by atoms with van der Waals surface area (Å²) in [6.45, 7) is 5.74. The van der Waals surface area contributed by atoms with Gasteiger partial charge in [0, 0.05) is 25.1 Å². The Hall–Kier alpha value is -0.610. The van der Waals surface area contributed by atoms with Crippen molar-refractivity contribution in [1.82, 2.24) is 10.6 Å². The molecule has 3 N–H and O–H groups in total. The Morgan fingerprint density at radius 2 is 2.00 bits per heavy atom. The SMILES string of the molecule is CCCCNC(=O)C(C)NCC1(CO)CCCCC1. The molecule has 0 saturated heterocycles. The van der Waals surface area contributed by atoms with Crippen LogP contribution in [-0.2, 0) is 4.79 Å². The van der Waals surface area contributed by atoms with Crippen molar-refractivity contribution in [3.8, 4) is 0 Å². The van der Waals surface area contributed by atoms with Gasteiger partial charge >= 0.3 is 0 Å². The number of nitrogens with one attached hydrogen (secondary N) is 2. The van der Waals surface area contributed by atoms with Crippen LogP contribution in [0.15, 0.2) is 0 Å². The van der Waals surface area contributed by atoms with Crippen LogP contribution in [0.1, 0.15) is 58.8 Å². The van der Waals surface area contributed by atoms with Gasteiger partial charge in [0.1, 0.15) is 0 Å². The number of rotatable bonds is 8. The van der Waals surface area contributed by atoms with E-state index in [-0.39, 0.29) is 24.0 Å². The monoisotopic (exact) mass is 270 g/mol. The van der Waals surface area contributed by atoms with Crippen LogP contribution in [0.4, 0.5) is 0 Å². The molecule has 19 heavy (non-hydrogen) atoms. The van der Waals surface area contributed by atoms with Crippen molar-refractivity contribution in [1.29, 1.82) is 0 Å². The van der Waals surface area contributed by atoms with Crippen molar-refractivity contribution >= 4 is 5.91 Å². The number of aliphatic hydroxyl groups excluding tert-OH is 1. The van der Waals surface area contributed by atoms with E-state index in [1.54, 1.807) is 0 Å². The fourth-order valence-electron chi connectivity index (χ4n) is 2.70. The minimum atomic E-state index is -0.179. The molecule has 0 heterocycles. The standard InChI is InChI=1S/C15H30N2O2/c1-3-4-10-16-14(19)13(2)17-11-15(12-18)8-6-5-7-9-15/h13,17-18H,3-12H2,1-2H3,(H,16,19). The second-order valence-corrected chi connectivity index (χ2v) is 5.97. The second kappa shape index (κ2) is 8.54. The van der Waals surface area contributed by atoms with Crippen molar-refractivity contribution in [2.75, 3.05) is 19.7 Å². The molecule has 4 nitrogen and oxygen atoms in total. The highest BCUT2D eigenvalue weighted by molar-refractivity contribution is 5.81. The van der Waals surface area contributed by atoms with Gasteiger partial charge in [0.2, 0.25) is 5.91 Å². The summed E-state index contributed by atoms with van der Waals surface area (Å²) in [6.07, 6.45) is 7.92. The largest absolute Gasteiger partial charge is 0.396 e. The molecule has 1 aliphatic carbocycles. The molecular weight excluding hydrogens is 240 g/mol. The van der Waals surface area contributed by atoms with Crippen molar-refractivity contribution in [3.63, 3.8) is 0 Å². The molecule has 112 valence electrons. The lowest BCUT2D eigenvalue weighted by Gasteiger charge is -2.36. The summed E-state index contributed by atoms with van der Waals surface area (Å²) in [4.78, 5) is 11.8. The number of unbranched alkanes of at least 4 members (excludes halogenated alkanes) is 1. The maximum atomic E-state index is 11.8. The van der Waals surface area contributed by atoms with Gasteiger partial charge in [0.25, 0.3) is 0 Å². The number of aliphatic hydroxyl groups is 1. The first-order chi connectivity index (χ1) is 9.13. The first-order valence-corrected chi connectivity index (χ1v) is 7.75. The Bertz CT molecular complexity index is 263. The van der Waals surface area contributed by atoms with Crippen molar-refractivity contribution in [3.05, 3.63) is 0 Å². The van der Waals surface area contributed by atoms with Crippen molar-refractivity contribution in [2.45, 2.75) is 64.8 Å². The van der Waals surface area contributed by atoms with Crippen molar-refractivity contribution < 1.29 is 9.90 Å². The first-order valence-electron chi connectivity index (χ1n) is 7.75. The summed E-state index contributed by atoms with van der Waals surface area (Å²) in [5, 5.41) is 15.9. The molecule has 0 aromatic rings. The molecule has 1 atom stereocenters. The average molecular weight is 270 g/mol. The van der Waals surface area contributed by atoms with Gasteiger partial charge in [-0.3, -0.25) is 4.79 Å². The maximum absolute atomic E-state index is 11.8. The Morgan fingerprint density at radius 3 is 2.58 bits per heavy atom. The van der Waals surface area contributed by atoms with E-state index in [1.807, 2.05) is 6.92 Å². The molecule has 0 bridgehead atoms. The molecule has 0 spiro atoms. The summed E-state index contributed by atoms with van der Waals surface area (Å²) >= 11 is 0. The van der Waals surface area contributed by atoms with Gasteiger partial charge in [-0.1, -0.05) is 32.6 Å². The molecule has 1 rings (SSSR count). The van der Waals surface area contributed by atoms with E-state index >= 15 is 0 Å². The van der Waals surface area contributed by atoms with E-state index in [4.69, 9.17) is 0 Å². The summed E-state index contributed by atoms with van der Waals surface area (Å²) < 4.78 is 0. The van der Waals surface area contributed by atoms with Crippen LogP contribution in [0.25, 0.3) is 0 Å². The Kier molecular flexibility index (Phi) is 7.39. The molecule has 1 fully saturated rings. The van der Waals surface area contributed by atoms with Gasteiger partial charge in [0.05, 0.1) is 6.04 Å². The molecule has 1 aliphatic rings. The minimum Gasteiger partial charge on any atom is -0.396 e. The Balaban J connectivity index is 2.30. The summed E-state index contributed by atoms with van der Waals surface area (Å²) in [7, 11) is 0. The molecule has 0 aromatic heterocycles. The van der Waals surface area contributed by atoms with Gasteiger partial charge in [-0.25, -0.2) is 0 Å². The van der Waals surface area contributed by atoms with Crippen LogP contribution in [0.3, 0.4) is 0 Å². The van der Waals surface area contributed by atoms with Gasteiger partial charge in [0.15, 0.2) is 0 Å². The van der Waals surface area contributed by atoms with Crippen molar-refractivity contribution in [2.24, 2.45) is 5.41 Å². The third-order valence-electron chi connectivity index (χ3n) is 4.26. The predicted octanol–water partition coefficient (Wildman–Crippen LogP) is 1.82. The van der Waals surface area contributed by atoms with Crippen LogP contribution >= 0.6 is 0 Å². The predicted molar refractivity (Wildman–Crippen MR) is 78.0 cm³/mol. The number of hydrogen-bond donors (Lipinski definition) is 3. The van der Waals surface area contributed by atoms with Crippen LogP contribution in [0.2, 0.25) is 0 Å². The van der Waals surface area contributed by atoms with Crippen LogP contribution in [0.5, 0.6) is 0 Å². The maximum Gasteiger partial charge on any atom is 0.236 e. The third-order valence-corrected chi connectivity index (χ3v) is 4.26. The highest BCUT2D eigenvalue weighted by Gasteiger charge is 2.31. The third kappa shape index (κ3) is 5.49. The smallest absolute Gasteiger partial charge is 0.236 e. The zero-order valence-electron chi connectivity index (χ0n) is 12.5. The lowest BCUT2D eigenvalue weighted by atomic mass is 9.74. The normalized spacial score (nSPS) is 19.9. The quantitative estimate of drug-likeness (QED) is 0.590. The van der Waals surface area contributed by atoms with Crippen LogP contribution in [0, 0.1) is 5.41 Å². The summed E-state index contributed by atoms with van der Waals surface area (Å²) in [5.41, 5.74) is -0.00376. The zero-order valence-corrected chi connectivity index (χ0v) is 12.5. The Morgan fingerprint density at radius 1 is 1.32 bits per heavy atom. The van der Waals surface area contributed by atoms with E-state index < -0.39 is 0 Å². The second-order valence-electron chi connectivity index (χ2n) is 5.97.